The molecule has 1 aromatic rings. The molecular formula is C14H19NO3. The van der Waals surface area contributed by atoms with Crippen LogP contribution >= 0.6 is 0 Å². The second kappa shape index (κ2) is 5.50. The zero-order valence-electron chi connectivity index (χ0n) is 10.6. The Morgan fingerprint density at radius 3 is 2.61 bits per heavy atom. The minimum Gasteiger partial charge on any atom is -0.480 e. The van der Waals surface area contributed by atoms with Gasteiger partial charge in [0.2, 0.25) is 0 Å². The van der Waals surface area contributed by atoms with E-state index in [1.807, 2.05) is 30.3 Å². The Hall–Kier alpha value is -1.39. The summed E-state index contributed by atoms with van der Waals surface area (Å²) in [6.45, 7) is 0.851. The van der Waals surface area contributed by atoms with E-state index in [2.05, 4.69) is 5.32 Å². The Bertz CT molecular complexity index is 403. The van der Waals surface area contributed by atoms with Gasteiger partial charge in [-0.2, -0.15) is 0 Å². The predicted molar refractivity (Wildman–Crippen MR) is 68.4 cm³/mol. The molecule has 18 heavy (non-hydrogen) atoms. The smallest absolute Gasteiger partial charge is 0.331 e. The van der Waals surface area contributed by atoms with Crippen LogP contribution in [0.4, 0.5) is 0 Å². The largest absolute Gasteiger partial charge is 0.480 e. The Balaban J connectivity index is 2.25. The number of nitrogens with one attached hydrogen (secondary N) is 1. The standard InChI is InChI=1S/C14H19NO3/c1-18-10-14(13(16)17,15-9-11-7-8-11)12-5-3-2-4-6-12/h2-6,11,15H,7-10H2,1H3,(H,16,17). The first-order valence-electron chi connectivity index (χ1n) is 6.22. The maximum absolute atomic E-state index is 11.7. The van der Waals surface area contributed by atoms with Gasteiger partial charge in [0.15, 0.2) is 5.54 Å². The first kappa shape index (κ1) is 13.1. The molecule has 0 spiro atoms. The Labute approximate surface area is 107 Å². The van der Waals surface area contributed by atoms with Crippen molar-refractivity contribution in [2.24, 2.45) is 5.92 Å². The van der Waals surface area contributed by atoms with Crippen LogP contribution in [0.1, 0.15) is 18.4 Å². The van der Waals surface area contributed by atoms with Gasteiger partial charge >= 0.3 is 5.97 Å². The number of hydrogen-bond acceptors (Lipinski definition) is 3. The SMILES string of the molecule is COCC(NCC1CC1)(C(=O)O)c1ccccc1. The molecule has 1 aliphatic rings. The lowest BCUT2D eigenvalue weighted by Crippen LogP contribution is -2.53. The molecule has 0 radical (unpaired) electrons. The van der Waals surface area contributed by atoms with Crippen molar-refractivity contribution in [3.63, 3.8) is 0 Å². The van der Waals surface area contributed by atoms with Crippen molar-refractivity contribution >= 4 is 5.97 Å². The van der Waals surface area contributed by atoms with Crippen molar-refractivity contribution in [1.29, 1.82) is 0 Å². The van der Waals surface area contributed by atoms with Gasteiger partial charge in [0.1, 0.15) is 0 Å². The van der Waals surface area contributed by atoms with E-state index in [4.69, 9.17) is 4.74 Å². The third-order valence-corrected chi connectivity index (χ3v) is 3.38. The molecule has 1 saturated carbocycles. The van der Waals surface area contributed by atoms with Gasteiger partial charge in [0, 0.05) is 7.11 Å². The first-order chi connectivity index (χ1) is 8.69. The summed E-state index contributed by atoms with van der Waals surface area (Å²) in [4.78, 5) is 11.7. The second-order valence-electron chi connectivity index (χ2n) is 4.83. The van der Waals surface area contributed by atoms with Crippen LogP contribution in [0.2, 0.25) is 0 Å². The number of hydrogen-bond donors (Lipinski definition) is 2. The van der Waals surface area contributed by atoms with Crippen molar-refractivity contribution in [2.75, 3.05) is 20.3 Å². The third-order valence-electron chi connectivity index (χ3n) is 3.38. The molecule has 0 saturated heterocycles. The zero-order chi connectivity index (χ0) is 13.0. The highest BCUT2D eigenvalue weighted by Gasteiger charge is 2.41. The minimum atomic E-state index is -1.14. The summed E-state index contributed by atoms with van der Waals surface area (Å²) >= 11 is 0. The highest BCUT2D eigenvalue weighted by atomic mass is 16.5. The number of carboxylic acids is 1. The highest BCUT2D eigenvalue weighted by molar-refractivity contribution is 5.81. The zero-order valence-corrected chi connectivity index (χ0v) is 10.6. The van der Waals surface area contributed by atoms with Crippen molar-refractivity contribution in [3.8, 4) is 0 Å². The lowest BCUT2D eigenvalue weighted by Gasteiger charge is -2.30. The normalized spacial score (nSPS) is 18.3. The molecule has 1 aromatic carbocycles. The Morgan fingerprint density at radius 2 is 2.11 bits per heavy atom. The summed E-state index contributed by atoms with van der Waals surface area (Å²) in [6.07, 6.45) is 2.37. The van der Waals surface area contributed by atoms with Crippen molar-refractivity contribution < 1.29 is 14.6 Å². The fraction of sp³-hybridized carbons (Fsp3) is 0.500. The van der Waals surface area contributed by atoms with Gasteiger partial charge in [0.25, 0.3) is 0 Å². The quantitative estimate of drug-likeness (QED) is 0.771. The molecule has 4 heteroatoms. The van der Waals surface area contributed by atoms with E-state index >= 15 is 0 Å². The van der Waals surface area contributed by atoms with Gasteiger partial charge in [-0.05, 0) is 30.9 Å². The summed E-state index contributed by atoms with van der Waals surface area (Å²) in [6, 6.07) is 9.23. The third kappa shape index (κ3) is 2.71. The number of ether oxygens (including phenoxy) is 1. The van der Waals surface area contributed by atoms with Crippen LogP contribution in [0.3, 0.4) is 0 Å². The Kier molecular flexibility index (Phi) is 3.99. The second-order valence-corrected chi connectivity index (χ2v) is 4.83. The first-order valence-corrected chi connectivity index (χ1v) is 6.22. The minimum absolute atomic E-state index is 0.124. The average Bonchev–Trinajstić information content (AvgIpc) is 3.19. The van der Waals surface area contributed by atoms with Crippen LogP contribution in [0.15, 0.2) is 30.3 Å². The van der Waals surface area contributed by atoms with Crippen molar-refractivity contribution in [2.45, 2.75) is 18.4 Å². The fourth-order valence-electron chi connectivity index (χ4n) is 2.08. The van der Waals surface area contributed by atoms with E-state index in [0.29, 0.717) is 5.92 Å². The van der Waals surface area contributed by atoms with Crippen LogP contribution in [0, 0.1) is 5.92 Å². The summed E-state index contributed by atoms with van der Waals surface area (Å²) in [5, 5.41) is 12.8. The molecule has 0 heterocycles. The van der Waals surface area contributed by atoms with Crippen molar-refractivity contribution in [3.05, 3.63) is 35.9 Å². The number of benzene rings is 1. The summed E-state index contributed by atoms with van der Waals surface area (Å²) in [7, 11) is 1.53. The molecular weight excluding hydrogens is 230 g/mol. The van der Waals surface area contributed by atoms with Gasteiger partial charge in [0.05, 0.1) is 6.61 Å². The summed E-state index contributed by atoms with van der Waals surface area (Å²) in [5.74, 6) is -0.277. The monoisotopic (exact) mass is 249 g/mol. The van der Waals surface area contributed by atoms with E-state index < -0.39 is 11.5 Å². The number of carbonyl (C=O) groups is 1. The van der Waals surface area contributed by atoms with Crippen LogP contribution < -0.4 is 5.32 Å². The highest BCUT2D eigenvalue weighted by Crippen LogP contribution is 2.30. The van der Waals surface area contributed by atoms with Crippen LogP contribution in [-0.2, 0) is 15.1 Å². The van der Waals surface area contributed by atoms with Gasteiger partial charge in [-0.1, -0.05) is 30.3 Å². The van der Waals surface area contributed by atoms with Crippen LogP contribution in [0.25, 0.3) is 0 Å². The summed E-state index contributed by atoms with van der Waals surface area (Å²) < 4.78 is 5.13. The molecule has 1 unspecified atom stereocenters. The van der Waals surface area contributed by atoms with Gasteiger partial charge in [-0.25, -0.2) is 4.79 Å². The predicted octanol–water partition coefficient (Wildman–Crippen LogP) is 1.61. The number of methoxy groups -OCH3 is 1. The van der Waals surface area contributed by atoms with Crippen molar-refractivity contribution in [1.82, 2.24) is 5.32 Å². The Morgan fingerprint density at radius 1 is 1.44 bits per heavy atom. The molecule has 2 rings (SSSR count). The summed E-state index contributed by atoms with van der Waals surface area (Å²) in [5.41, 5.74) is -0.404. The van der Waals surface area contributed by atoms with Gasteiger partial charge in [-0.3, -0.25) is 5.32 Å². The molecule has 0 aromatic heterocycles. The lowest BCUT2D eigenvalue weighted by molar-refractivity contribution is -0.148. The van der Waals surface area contributed by atoms with E-state index in [1.54, 1.807) is 0 Å². The molecule has 4 nitrogen and oxygen atoms in total. The van der Waals surface area contributed by atoms with E-state index in [9.17, 15) is 9.90 Å². The van der Waals surface area contributed by atoms with Crippen LogP contribution in [-0.4, -0.2) is 31.3 Å². The van der Waals surface area contributed by atoms with E-state index in [0.717, 1.165) is 12.1 Å². The van der Waals surface area contributed by atoms with Gasteiger partial charge in [-0.15, -0.1) is 0 Å². The molecule has 1 aliphatic carbocycles. The molecule has 1 atom stereocenters. The molecule has 0 bridgehead atoms. The topological polar surface area (TPSA) is 58.6 Å². The molecule has 0 amide bonds. The van der Waals surface area contributed by atoms with E-state index in [1.165, 1.54) is 20.0 Å². The number of carboxylic acid groups (broad SMARTS) is 1. The molecule has 98 valence electrons. The van der Waals surface area contributed by atoms with Crippen LogP contribution in [0.5, 0.6) is 0 Å². The number of rotatable bonds is 7. The maximum Gasteiger partial charge on any atom is 0.331 e. The maximum atomic E-state index is 11.7. The molecule has 0 aliphatic heterocycles. The fourth-order valence-corrected chi connectivity index (χ4v) is 2.08. The van der Waals surface area contributed by atoms with E-state index in [-0.39, 0.29) is 6.61 Å². The number of aliphatic carboxylic acids is 1. The lowest BCUT2D eigenvalue weighted by atomic mass is 9.90. The average molecular weight is 249 g/mol. The molecule has 1 fully saturated rings. The van der Waals surface area contributed by atoms with Gasteiger partial charge < -0.3 is 9.84 Å². The molecule has 2 N–H and O–H groups in total.